The minimum atomic E-state index is -0.455. The van der Waals surface area contributed by atoms with Crippen molar-refractivity contribution in [2.75, 3.05) is 7.11 Å². The Bertz CT molecular complexity index is 1540. The van der Waals surface area contributed by atoms with Crippen molar-refractivity contribution in [2.24, 2.45) is 0 Å². The minimum absolute atomic E-state index is 0.126. The van der Waals surface area contributed by atoms with Crippen molar-refractivity contribution in [3.63, 3.8) is 0 Å². The van der Waals surface area contributed by atoms with Gasteiger partial charge >= 0.3 is 5.97 Å². The Hall–Kier alpha value is -3.55. The molecule has 6 nitrogen and oxygen atoms in total. The number of nitrogens with zero attached hydrogens (tertiary/aromatic N) is 1. The first-order valence-electron chi connectivity index (χ1n) is 12.7. The Labute approximate surface area is 234 Å². The second kappa shape index (κ2) is 10.5. The van der Waals surface area contributed by atoms with Gasteiger partial charge in [0, 0.05) is 23.1 Å². The van der Waals surface area contributed by atoms with E-state index in [0.29, 0.717) is 56.8 Å². The molecule has 1 unspecified atom stereocenters. The number of carbonyl (C=O) groups is 1. The van der Waals surface area contributed by atoms with E-state index in [0.717, 1.165) is 29.7 Å². The molecule has 6 rings (SSSR count). The van der Waals surface area contributed by atoms with Gasteiger partial charge in [-0.3, -0.25) is 0 Å². The van der Waals surface area contributed by atoms with E-state index in [1.165, 1.54) is 13.2 Å². The van der Waals surface area contributed by atoms with Crippen LogP contribution in [0.25, 0.3) is 11.3 Å². The fraction of sp³-hybridized carbons (Fsp3) is 0.267. The van der Waals surface area contributed by atoms with Gasteiger partial charge in [0.25, 0.3) is 0 Å². The van der Waals surface area contributed by atoms with Crippen LogP contribution in [0, 0.1) is 5.82 Å². The topological polar surface area (TPSA) is 70.8 Å². The molecule has 1 aromatic heterocycles. The normalized spacial score (nSPS) is 16.4. The minimum Gasteiger partial charge on any atom is -0.489 e. The number of benzene rings is 3. The molecule has 0 N–H and O–H groups in total. The van der Waals surface area contributed by atoms with Crippen LogP contribution in [0.15, 0.2) is 59.1 Å². The van der Waals surface area contributed by atoms with E-state index in [-0.39, 0.29) is 12.5 Å². The summed E-state index contributed by atoms with van der Waals surface area (Å²) < 4.78 is 37.9. The highest BCUT2D eigenvalue weighted by atomic mass is 35.5. The fourth-order valence-corrected chi connectivity index (χ4v) is 5.49. The van der Waals surface area contributed by atoms with Crippen LogP contribution in [0.2, 0.25) is 10.0 Å². The summed E-state index contributed by atoms with van der Waals surface area (Å²) in [5.74, 6) is 1.20. The molecule has 0 saturated heterocycles. The van der Waals surface area contributed by atoms with E-state index in [1.807, 2.05) is 0 Å². The van der Waals surface area contributed by atoms with Gasteiger partial charge in [-0.15, -0.1) is 0 Å². The third-order valence-corrected chi connectivity index (χ3v) is 7.72. The van der Waals surface area contributed by atoms with Crippen LogP contribution in [0.3, 0.4) is 0 Å². The highest BCUT2D eigenvalue weighted by Gasteiger charge is 2.34. The molecule has 1 atom stereocenters. The van der Waals surface area contributed by atoms with Crippen molar-refractivity contribution in [3.05, 3.63) is 98.5 Å². The zero-order valence-electron chi connectivity index (χ0n) is 21.0. The van der Waals surface area contributed by atoms with Gasteiger partial charge < -0.3 is 18.7 Å². The van der Waals surface area contributed by atoms with Gasteiger partial charge in [-0.2, -0.15) is 0 Å². The molecule has 1 aliphatic heterocycles. The molecule has 2 aliphatic rings. The van der Waals surface area contributed by atoms with Gasteiger partial charge in [0.15, 0.2) is 0 Å². The van der Waals surface area contributed by atoms with Crippen LogP contribution >= 0.6 is 23.2 Å². The third kappa shape index (κ3) is 5.09. The molecular weight excluding hydrogens is 544 g/mol. The summed E-state index contributed by atoms with van der Waals surface area (Å²) in [6, 6.07) is 15.2. The Balaban J connectivity index is 1.20. The molecule has 4 aromatic rings. The Morgan fingerprint density at radius 1 is 1.08 bits per heavy atom. The van der Waals surface area contributed by atoms with Crippen LogP contribution in [-0.4, -0.2) is 18.2 Å². The molecule has 39 heavy (non-hydrogen) atoms. The molecule has 0 spiro atoms. The number of carbonyl (C=O) groups excluding carboxylic acids is 1. The quantitative estimate of drug-likeness (QED) is 0.210. The van der Waals surface area contributed by atoms with Crippen molar-refractivity contribution < 1.29 is 27.9 Å². The van der Waals surface area contributed by atoms with Crippen molar-refractivity contribution >= 4 is 29.2 Å². The zero-order valence-corrected chi connectivity index (χ0v) is 22.5. The van der Waals surface area contributed by atoms with Gasteiger partial charge in [0.1, 0.15) is 41.5 Å². The van der Waals surface area contributed by atoms with Gasteiger partial charge in [-0.25, -0.2) is 9.18 Å². The molecule has 1 saturated carbocycles. The summed E-state index contributed by atoms with van der Waals surface area (Å²) in [5.41, 5.74) is 3.68. The first-order chi connectivity index (χ1) is 18.9. The lowest BCUT2D eigenvalue weighted by Crippen LogP contribution is -2.17. The SMILES string of the molecule is COC(=O)c1ccc2c(c1)CCC(c1ccc(OCc3c(-c4c(Cl)cccc4Cl)noc3C3CC3)cc1F)O2. The lowest BCUT2D eigenvalue weighted by molar-refractivity contribution is 0.0600. The number of ether oxygens (including phenoxy) is 3. The van der Waals surface area contributed by atoms with E-state index < -0.39 is 17.9 Å². The number of hydrogen-bond acceptors (Lipinski definition) is 6. The van der Waals surface area contributed by atoms with Crippen LogP contribution in [0.1, 0.15) is 64.1 Å². The van der Waals surface area contributed by atoms with E-state index in [2.05, 4.69) is 5.16 Å². The first kappa shape index (κ1) is 25.7. The monoisotopic (exact) mass is 567 g/mol. The summed E-state index contributed by atoms with van der Waals surface area (Å²) in [7, 11) is 1.34. The summed E-state index contributed by atoms with van der Waals surface area (Å²) in [5, 5.41) is 5.20. The van der Waals surface area contributed by atoms with Crippen LogP contribution < -0.4 is 9.47 Å². The van der Waals surface area contributed by atoms with Crippen molar-refractivity contribution in [1.29, 1.82) is 0 Å². The van der Waals surface area contributed by atoms with Crippen LogP contribution in [-0.2, 0) is 17.8 Å². The number of halogens is 3. The second-order valence-electron chi connectivity index (χ2n) is 9.68. The molecule has 2 heterocycles. The Kier molecular flexibility index (Phi) is 6.95. The molecule has 200 valence electrons. The van der Waals surface area contributed by atoms with Crippen molar-refractivity contribution in [1.82, 2.24) is 5.16 Å². The maximum Gasteiger partial charge on any atom is 0.337 e. The molecule has 0 amide bonds. The molecule has 1 aliphatic carbocycles. The van der Waals surface area contributed by atoms with Gasteiger partial charge in [0.2, 0.25) is 0 Å². The Morgan fingerprint density at radius 2 is 1.87 bits per heavy atom. The number of hydrogen-bond donors (Lipinski definition) is 0. The lowest BCUT2D eigenvalue weighted by Gasteiger charge is -2.27. The number of esters is 1. The van der Waals surface area contributed by atoms with Crippen LogP contribution in [0.4, 0.5) is 4.39 Å². The number of fused-ring (bicyclic) bond motifs is 1. The molecule has 1 fully saturated rings. The summed E-state index contributed by atoms with van der Waals surface area (Å²) in [4.78, 5) is 11.8. The molecule has 3 aromatic carbocycles. The lowest BCUT2D eigenvalue weighted by atomic mass is 9.96. The predicted octanol–water partition coefficient (Wildman–Crippen LogP) is 8.10. The molecule has 0 bridgehead atoms. The van der Waals surface area contributed by atoms with Crippen molar-refractivity contribution in [2.45, 2.75) is 44.3 Å². The third-order valence-electron chi connectivity index (χ3n) is 7.09. The van der Waals surface area contributed by atoms with E-state index in [9.17, 15) is 4.79 Å². The second-order valence-corrected chi connectivity index (χ2v) is 10.5. The largest absolute Gasteiger partial charge is 0.489 e. The Morgan fingerprint density at radius 3 is 2.59 bits per heavy atom. The molecular formula is C30H24Cl2FNO5. The predicted molar refractivity (Wildman–Crippen MR) is 144 cm³/mol. The fourth-order valence-electron chi connectivity index (χ4n) is 4.91. The standard InChI is InChI=1S/C30H24Cl2FNO5/c1-36-30(35)18-8-11-25-17(13-18)7-12-26(38-25)20-10-9-19(14-24(20)33)37-15-21-28(34-39-29(21)16-5-6-16)27-22(31)3-2-4-23(27)32/h2-4,8-11,13-14,16,26H,5-7,12,15H2,1H3. The van der Waals surface area contributed by atoms with Crippen molar-refractivity contribution in [3.8, 4) is 22.8 Å². The van der Waals surface area contributed by atoms with E-state index in [1.54, 1.807) is 48.5 Å². The number of rotatable bonds is 7. The van der Waals surface area contributed by atoms with Gasteiger partial charge in [-0.05, 0) is 73.7 Å². The summed E-state index contributed by atoms with van der Waals surface area (Å²) >= 11 is 12.9. The zero-order chi connectivity index (χ0) is 27.1. The smallest absolute Gasteiger partial charge is 0.337 e. The number of methoxy groups -OCH3 is 1. The molecule has 9 heteroatoms. The maximum absolute atomic E-state index is 15.3. The van der Waals surface area contributed by atoms with Gasteiger partial charge in [-0.1, -0.05) is 34.4 Å². The maximum atomic E-state index is 15.3. The summed E-state index contributed by atoms with van der Waals surface area (Å²) in [6.45, 7) is 0.126. The number of aromatic nitrogens is 1. The molecule has 0 radical (unpaired) electrons. The average Bonchev–Trinajstić information content (AvgIpc) is 3.71. The average molecular weight is 568 g/mol. The first-order valence-corrected chi connectivity index (χ1v) is 13.4. The summed E-state index contributed by atoms with van der Waals surface area (Å²) in [6.07, 6.45) is 2.78. The van der Waals surface area contributed by atoms with Gasteiger partial charge in [0.05, 0.1) is 28.3 Å². The highest BCUT2D eigenvalue weighted by Crippen LogP contribution is 2.46. The van der Waals surface area contributed by atoms with Crippen LogP contribution in [0.5, 0.6) is 11.5 Å². The highest BCUT2D eigenvalue weighted by molar-refractivity contribution is 6.39. The number of aryl methyl sites for hydroxylation is 1. The van der Waals surface area contributed by atoms with E-state index in [4.69, 9.17) is 41.9 Å². The van der Waals surface area contributed by atoms with E-state index >= 15 is 4.39 Å².